The van der Waals surface area contributed by atoms with E-state index in [9.17, 15) is 4.79 Å². The van der Waals surface area contributed by atoms with Crippen LogP contribution in [0.25, 0.3) is 0 Å². The molecule has 0 bridgehead atoms. The fourth-order valence-electron chi connectivity index (χ4n) is 2.27. The molecule has 1 rings (SSSR count). The first-order chi connectivity index (χ1) is 7.63. The molecule has 1 fully saturated rings. The molecular weight excluding hydrogens is 204 g/mol. The Morgan fingerprint density at radius 2 is 2.25 bits per heavy atom. The van der Waals surface area contributed by atoms with Gasteiger partial charge in [0.1, 0.15) is 0 Å². The maximum Gasteiger partial charge on any atom is 0.227 e. The summed E-state index contributed by atoms with van der Waals surface area (Å²) in [4.78, 5) is 12.2. The van der Waals surface area contributed by atoms with Crippen molar-refractivity contribution in [1.82, 2.24) is 10.6 Å². The second-order valence-electron chi connectivity index (χ2n) is 4.92. The maximum absolute atomic E-state index is 12.2. The number of carbonyl (C=O) groups is 1. The first kappa shape index (κ1) is 13.5. The minimum atomic E-state index is -0.223. The van der Waals surface area contributed by atoms with Crippen LogP contribution in [-0.2, 0) is 4.79 Å². The van der Waals surface area contributed by atoms with Gasteiger partial charge in [0, 0.05) is 19.7 Å². The molecular formula is C12H24N2O2. The van der Waals surface area contributed by atoms with Gasteiger partial charge in [-0.05, 0) is 31.7 Å². The molecule has 0 saturated carbocycles. The normalized spacial score (nSPS) is 25.0. The van der Waals surface area contributed by atoms with Crippen LogP contribution in [0, 0.1) is 11.3 Å². The Labute approximate surface area is 97.8 Å². The van der Waals surface area contributed by atoms with Crippen molar-refractivity contribution >= 4 is 5.91 Å². The molecule has 1 heterocycles. The van der Waals surface area contributed by atoms with Crippen LogP contribution >= 0.6 is 0 Å². The van der Waals surface area contributed by atoms with E-state index < -0.39 is 0 Å². The summed E-state index contributed by atoms with van der Waals surface area (Å²) < 4.78 is 0. The van der Waals surface area contributed by atoms with Gasteiger partial charge in [-0.15, -0.1) is 0 Å². The topological polar surface area (TPSA) is 61.4 Å². The van der Waals surface area contributed by atoms with Crippen molar-refractivity contribution < 1.29 is 9.90 Å². The highest BCUT2D eigenvalue weighted by Gasteiger charge is 2.43. The molecule has 0 aromatic carbocycles. The molecule has 3 N–H and O–H groups in total. The summed E-state index contributed by atoms with van der Waals surface area (Å²) in [6, 6.07) is 0. The van der Waals surface area contributed by atoms with Gasteiger partial charge in [-0.1, -0.05) is 13.8 Å². The smallest absolute Gasteiger partial charge is 0.227 e. The van der Waals surface area contributed by atoms with Gasteiger partial charge in [0.25, 0.3) is 0 Å². The Hall–Kier alpha value is -0.610. The van der Waals surface area contributed by atoms with Gasteiger partial charge >= 0.3 is 0 Å². The van der Waals surface area contributed by atoms with Crippen molar-refractivity contribution in [2.45, 2.75) is 33.1 Å². The third-order valence-corrected chi connectivity index (χ3v) is 3.62. The SMILES string of the molecule is CC(C)C1(C(=O)NCCCCO)CCNC1. The molecule has 1 amide bonds. The van der Waals surface area contributed by atoms with Crippen molar-refractivity contribution in [1.29, 1.82) is 0 Å². The van der Waals surface area contributed by atoms with Gasteiger partial charge < -0.3 is 15.7 Å². The molecule has 0 spiro atoms. The van der Waals surface area contributed by atoms with Crippen molar-refractivity contribution in [3.8, 4) is 0 Å². The zero-order valence-electron chi connectivity index (χ0n) is 10.4. The lowest BCUT2D eigenvalue weighted by Crippen LogP contribution is -2.46. The van der Waals surface area contributed by atoms with E-state index in [-0.39, 0.29) is 17.9 Å². The van der Waals surface area contributed by atoms with E-state index in [0.29, 0.717) is 12.5 Å². The van der Waals surface area contributed by atoms with E-state index in [4.69, 9.17) is 5.11 Å². The number of unbranched alkanes of at least 4 members (excludes halogenated alkanes) is 1. The second-order valence-corrected chi connectivity index (χ2v) is 4.92. The van der Waals surface area contributed by atoms with E-state index >= 15 is 0 Å². The first-order valence-electron chi connectivity index (χ1n) is 6.23. The van der Waals surface area contributed by atoms with Crippen LogP contribution in [0.5, 0.6) is 0 Å². The van der Waals surface area contributed by atoms with Crippen LogP contribution in [0.3, 0.4) is 0 Å². The van der Waals surface area contributed by atoms with Crippen molar-refractivity contribution in [3.05, 3.63) is 0 Å². The summed E-state index contributed by atoms with van der Waals surface area (Å²) in [6.07, 6.45) is 2.54. The number of amides is 1. The quantitative estimate of drug-likeness (QED) is 0.581. The predicted molar refractivity (Wildman–Crippen MR) is 64.1 cm³/mol. The Kier molecular flexibility index (Phi) is 5.22. The lowest BCUT2D eigenvalue weighted by atomic mass is 9.75. The minimum Gasteiger partial charge on any atom is -0.396 e. The van der Waals surface area contributed by atoms with E-state index in [1.165, 1.54) is 0 Å². The summed E-state index contributed by atoms with van der Waals surface area (Å²) in [5.74, 6) is 0.533. The predicted octanol–water partition coefficient (Wildman–Crippen LogP) is 0.511. The van der Waals surface area contributed by atoms with Crippen molar-refractivity contribution in [2.24, 2.45) is 11.3 Å². The Morgan fingerprint density at radius 1 is 1.50 bits per heavy atom. The monoisotopic (exact) mass is 228 g/mol. The number of aliphatic hydroxyl groups excluding tert-OH is 1. The van der Waals surface area contributed by atoms with Gasteiger partial charge in [0.2, 0.25) is 5.91 Å². The lowest BCUT2D eigenvalue weighted by molar-refractivity contribution is -0.132. The Balaban J connectivity index is 2.43. The van der Waals surface area contributed by atoms with Gasteiger partial charge in [-0.25, -0.2) is 0 Å². The summed E-state index contributed by atoms with van der Waals surface area (Å²) in [6.45, 7) is 6.82. The van der Waals surface area contributed by atoms with E-state index in [0.717, 1.165) is 32.4 Å². The number of hydrogen-bond donors (Lipinski definition) is 3. The number of nitrogens with one attached hydrogen (secondary N) is 2. The maximum atomic E-state index is 12.2. The Bertz CT molecular complexity index is 223. The summed E-state index contributed by atoms with van der Waals surface area (Å²) in [5, 5.41) is 14.9. The molecule has 1 aliphatic heterocycles. The summed E-state index contributed by atoms with van der Waals surface area (Å²) >= 11 is 0. The molecule has 0 aromatic heterocycles. The molecule has 1 atom stereocenters. The molecule has 1 aliphatic rings. The summed E-state index contributed by atoms with van der Waals surface area (Å²) in [7, 11) is 0. The molecule has 16 heavy (non-hydrogen) atoms. The van der Waals surface area contributed by atoms with Crippen LogP contribution in [0.15, 0.2) is 0 Å². The molecule has 0 aromatic rings. The number of carbonyl (C=O) groups excluding carboxylic acids is 1. The van der Waals surface area contributed by atoms with Crippen LogP contribution in [-0.4, -0.2) is 37.3 Å². The van der Waals surface area contributed by atoms with Gasteiger partial charge in [0.15, 0.2) is 0 Å². The zero-order valence-corrected chi connectivity index (χ0v) is 10.4. The molecule has 4 heteroatoms. The second kappa shape index (κ2) is 6.21. The third kappa shape index (κ3) is 2.95. The molecule has 4 nitrogen and oxygen atoms in total. The average Bonchev–Trinajstić information content (AvgIpc) is 2.74. The van der Waals surface area contributed by atoms with Crippen LogP contribution in [0.4, 0.5) is 0 Å². The minimum absolute atomic E-state index is 0.172. The van der Waals surface area contributed by atoms with Crippen LogP contribution < -0.4 is 10.6 Å². The highest BCUT2D eigenvalue weighted by Crippen LogP contribution is 2.34. The van der Waals surface area contributed by atoms with Gasteiger partial charge in [-0.3, -0.25) is 4.79 Å². The molecule has 0 aliphatic carbocycles. The fourth-order valence-corrected chi connectivity index (χ4v) is 2.27. The third-order valence-electron chi connectivity index (χ3n) is 3.62. The summed E-state index contributed by atoms with van der Waals surface area (Å²) in [5.41, 5.74) is -0.223. The Morgan fingerprint density at radius 3 is 2.75 bits per heavy atom. The largest absolute Gasteiger partial charge is 0.396 e. The molecule has 1 saturated heterocycles. The standard InChI is InChI=1S/C12H24N2O2/c1-10(2)12(5-7-13-9-12)11(16)14-6-3-4-8-15/h10,13,15H,3-9H2,1-2H3,(H,14,16). The number of aliphatic hydroxyl groups is 1. The van der Waals surface area contributed by atoms with E-state index in [1.807, 2.05) is 0 Å². The van der Waals surface area contributed by atoms with Crippen LogP contribution in [0.2, 0.25) is 0 Å². The first-order valence-corrected chi connectivity index (χ1v) is 6.23. The lowest BCUT2D eigenvalue weighted by Gasteiger charge is -2.31. The number of rotatable bonds is 6. The van der Waals surface area contributed by atoms with E-state index in [2.05, 4.69) is 24.5 Å². The van der Waals surface area contributed by atoms with Gasteiger partial charge in [0.05, 0.1) is 5.41 Å². The fraction of sp³-hybridized carbons (Fsp3) is 0.917. The van der Waals surface area contributed by atoms with E-state index in [1.54, 1.807) is 0 Å². The van der Waals surface area contributed by atoms with Gasteiger partial charge in [-0.2, -0.15) is 0 Å². The van der Waals surface area contributed by atoms with Crippen LogP contribution in [0.1, 0.15) is 33.1 Å². The van der Waals surface area contributed by atoms with Crippen molar-refractivity contribution in [2.75, 3.05) is 26.2 Å². The molecule has 0 radical (unpaired) electrons. The highest BCUT2D eigenvalue weighted by atomic mass is 16.2. The molecule has 1 unspecified atom stereocenters. The number of hydrogen-bond acceptors (Lipinski definition) is 3. The van der Waals surface area contributed by atoms with Crippen molar-refractivity contribution in [3.63, 3.8) is 0 Å². The molecule has 94 valence electrons. The average molecular weight is 228 g/mol. The highest BCUT2D eigenvalue weighted by molar-refractivity contribution is 5.83. The zero-order chi connectivity index (χ0) is 12.0.